The summed E-state index contributed by atoms with van der Waals surface area (Å²) < 4.78 is 27.0. The minimum absolute atomic E-state index is 0.00999. The standard InChI is InChI=1S/C40H45FN4O7S2/c1-24(40(50,35-6-4-18-53-35)36-7-5-19-54-36)52-27-10-8-26(9-11-27)45(2)17-16-38(49)43-31-21-34(51-3)25(20-30(31)41)22-42-23-33(47)28-12-14-32(46)39-29(28)13-15-37(48)44-39/h4-7,12-15,18-21,26-27,33,42,46-47,50H,1,8-11,16-17,22-23H2,2-3H3,(H,43,49)(H,44,48)/t26?,27?,33-/m0/s1. The van der Waals surface area contributed by atoms with E-state index in [0.29, 0.717) is 34.6 Å². The molecule has 3 heterocycles. The van der Waals surface area contributed by atoms with Gasteiger partial charge in [0.25, 0.3) is 0 Å². The number of phenolic OH excluding ortho intramolecular Hbond substituents is 1. The van der Waals surface area contributed by atoms with Crippen molar-refractivity contribution >= 4 is 45.2 Å². The summed E-state index contributed by atoms with van der Waals surface area (Å²) in [5, 5.41) is 42.9. The predicted molar refractivity (Wildman–Crippen MR) is 210 cm³/mol. The summed E-state index contributed by atoms with van der Waals surface area (Å²) in [7, 11) is 3.44. The smallest absolute Gasteiger partial charge is 0.248 e. The summed E-state index contributed by atoms with van der Waals surface area (Å²) in [4.78, 5) is 30.9. The molecule has 6 rings (SSSR count). The van der Waals surface area contributed by atoms with Gasteiger partial charge in [0.1, 0.15) is 23.1 Å². The van der Waals surface area contributed by atoms with Gasteiger partial charge in [-0.05, 0) is 79.4 Å². The van der Waals surface area contributed by atoms with Crippen molar-refractivity contribution in [3.63, 3.8) is 0 Å². The Bertz CT molecular complexity index is 2080. The van der Waals surface area contributed by atoms with Crippen LogP contribution in [0.15, 0.2) is 88.6 Å². The summed E-state index contributed by atoms with van der Waals surface area (Å²) in [5.41, 5.74) is -0.530. The molecule has 1 aliphatic carbocycles. The second-order valence-electron chi connectivity index (χ2n) is 13.5. The topological polar surface area (TPSA) is 156 Å². The number of aromatic nitrogens is 1. The lowest BCUT2D eigenvalue weighted by molar-refractivity contribution is -0.116. The number of aromatic hydroxyl groups is 1. The monoisotopic (exact) mass is 776 g/mol. The third-order valence-electron chi connectivity index (χ3n) is 9.99. The SMILES string of the molecule is C=C(OC1CCC(N(C)CCC(=O)Nc2cc(OC)c(CNC[C@H](O)c3ccc(O)c4[nH]c(=O)ccc34)cc2F)CC1)C(O)(c1cccs1)c1cccs1. The molecule has 1 fully saturated rings. The Kier molecular flexibility index (Phi) is 12.5. The number of aliphatic hydroxyl groups excluding tert-OH is 1. The first-order valence-corrected chi connectivity index (χ1v) is 19.5. The van der Waals surface area contributed by atoms with Crippen molar-refractivity contribution in [3.05, 3.63) is 121 Å². The molecule has 0 unspecified atom stereocenters. The van der Waals surface area contributed by atoms with Gasteiger partial charge in [0, 0.05) is 64.9 Å². The number of phenols is 1. The molecule has 0 radical (unpaired) electrons. The van der Waals surface area contributed by atoms with Crippen LogP contribution in [0.1, 0.15) is 59.1 Å². The maximum absolute atomic E-state index is 15.2. The van der Waals surface area contributed by atoms with E-state index in [-0.39, 0.29) is 60.1 Å². The normalized spacial score (nSPS) is 16.7. The minimum Gasteiger partial charge on any atom is -0.506 e. The number of methoxy groups -OCH3 is 1. The Hall–Kier alpha value is -4.57. The third-order valence-corrected chi connectivity index (χ3v) is 11.9. The molecule has 3 aromatic heterocycles. The molecule has 0 bridgehead atoms. The Labute approximate surface area is 320 Å². The zero-order valence-electron chi connectivity index (χ0n) is 30.1. The first-order chi connectivity index (χ1) is 26.0. The van der Waals surface area contributed by atoms with Crippen LogP contribution in [-0.4, -0.2) is 70.5 Å². The maximum atomic E-state index is 15.2. The zero-order chi connectivity index (χ0) is 38.4. The van der Waals surface area contributed by atoms with Crippen LogP contribution >= 0.6 is 22.7 Å². The molecule has 1 atom stereocenters. The second kappa shape index (κ2) is 17.3. The molecule has 11 nitrogen and oxygen atoms in total. The van der Waals surface area contributed by atoms with Gasteiger partial charge in [0.05, 0.1) is 30.5 Å². The van der Waals surface area contributed by atoms with Gasteiger partial charge in [0.15, 0.2) is 5.60 Å². The highest BCUT2D eigenvalue weighted by Crippen LogP contribution is 2.42. The van der Waals surface area contributed by atoms with E-state index < -0.39 is 17.5 Å². The quantitative estimate of drug-likeness (QED) is 0.0628. The minimum atomic E-state index is -1.40. The average Bonchev–Trinajstić information content (AvgIpc) is 3.92. The van der Waals surface area contributed by atoms with E-state index in [4.69, 9.17) is 9.47 Å². The molecule has 0 aliphatic heterocycles. The van der Waals surface area contributed by atoms with Crippen LogP contribution in [0.4, 0.5) is 10.1 Å². The molecule has 1 saturated carbocycles. The Balaban J connectivity index is 0.965. The molecule has 0 spiro atoms. The number of nitrogens with one attached hydrogen (secondary N) is 3. The Morgan fingerprint density at radius 2 is 1.80 bits per heavy atom. The van der Waals surface area contributed by atoms with Crippen LogP contribution in [0.3, 0.4) is 0 Å². The van der Waals surface area contributed by atoms with Crippen LogP contribution in [0.5, 0.6) is 11.5 Å². The van der Waals surface area contributed by atoms with Crippen molar-refractivity contribution in [2.24, 2.45) is 0 Å². The average molecular weight is 777 g/mol. The highest BCUT2D eigenvalue weighted by molar-refractivity contribution is 7.11. The van der Waals surface area contributed by atoms with E-state index in [1.54, 1.807) is 6.07 Å². The highest BCUT2D eigenvalue weighted by atomic mass is 32.1. The predicted octanol–water partition coefficient (Wildman–Crippen LogP) is 6.37. The molecule has 14 heteroatoms. The molecule has 1 amide bonds. The van der Waals surface area contributed by atoms with Crippen LogP contribution in [-0.2, 0) is 21.7 Å². The number of thiophene rings is 2. The number of ether oxygens (including phenoxy) is 2. The number of nitrogens with zero attached hydrogens (tertiary/aromatic N) is 1. The molecule has 54 heavy (non-hydrogen) atoms. The van der Waals surface area contributed by atoms with Gasteiger partial charge in [-0.15, -0.1) is 22.7 Å². The molecule has 0 saturated heterocycles. The summed E-state index contributed by atoms with van der Waals surface area (Å²) in [6, 6.07) is 16.4. The summed E-state index contributed by atoms with van der Waals surface area (Å²) in [6.07, 6.45) is 2.38. The van der Waals surface area contributed by atoms with Gasteiger partial charge >= 0.3 is 0 Å². The first kappa shape index (κ1) is 39.1. The number of carbonyl (C=O) groups excluding carboxylic acids is 1. The van der Waals surface area contributed by atoms with Gasteiger partial charge < -0.3 is 45.3 Å². The fourth-order valence-corrected chi connectivity index (χ4v) is 8.73. The molecular weight excluding hydrogens is 732 g/mol. The number of anilines is 1. The van der Waals surface area contributed by atoms with E-state index in [1.165, 1.54) is 60.1 Å². The van der Waals surface area contributed by atoms with E-state index >= 15 is 4.39 Å². The number of fused-ring (bicyclic) bond motifs is 1. The number of aromatic amines is 1. The Morgan fingerprint density at radius 3 is 2.44 bits per heavy atom. The summed E-state index contributed by atoms with van der Waals surface area (Å²) in [5.74, 6) is -0.354. The van der Waals surface area contributed by atoms with Gasteiger partial charge in [-0.2, -0.15) is 0 Å². The highest BCUT2D eigenvalue weighted by Gasteiger charge is 2.40. The van der Waals surface area contributed by atoms with Crippen molar-refractivity contribution in [1.82, 2.24) is 15.2 Å². The maximum Gasteiger partial charge on any atom is 0.248 e. The van der Waals surface area contributed by atoms with E-state index in [0.717, 1.165) is 35.4 Å². The number of carbonyl (C=O) groups is 1. The third kappa shape index (κ3) is 8.70. The van der Waals surface area contributed by atoms with E-state index in [2.05, 4.69) is 27.1 Å². The van der Waals surface area contributed by atoms with Crippen molar-refractivity contribution in [1.29, 1.82) is 0 Å². The summed E-state index contributed by atoms with van der Waals surface area (Å²) in [6.45, 7) is 4.90. The number of hydrogen-bond donors (Lipinski definition) is 6. The molecule has 1 aliphatic rings. The number of halogens is 1. The zero-order valence-corrected chi connectivity index (χ0v) is 31.8. The van der Waals surface area contributed by atoms with Crippen LogP contribution in [0.2, 0.25) is 0 Å². The van der Waals surface area contributed by atoms with Gasteiger partial charge in [-0.25, -0.2) is 4.39 Å². The van der Waals surface area contributed by atoms with E-state index in [9.17, 15) is 24.9 Å². The molecule has 6 N–H and O–H groups in total. The largest absolute Gasteiger partial charge is 0.506 e. The molecule has 286 valence electrons. The van der Waals surface area contributed by atoms with Crippen LogP contribution in [0, 0.1) is 5.82 Å². The second-order valence-corrected chi connectivity index (χ2v) is 15.4. The van der Waals surface area contributed by atoms with Gasteiger partial charge in [0.2, 0.25) is 11.5 Å². The number of aliphatic hydroxyl groups is 2. The lowest BCUT2D eigenvalue weighted by Crippen LogP contribution is -2.39. The number of hydrogen-bond acceptors (Lipinski definition) is 11. The van der Waals surface area contributed by atoms with Crippen LogP contribution < -0.4 is 20.9 Å². The fourth-order valence-electron chi connectivity index (χ4n) is 6.95. The van der Waals surface area contributed by atoms with Gasteiger partial charge in [-0.1, -0.05) is 24.8 Å². The lowest BCUT2D eigenvalue weighted by Gasteiger charge is -2.37. The van der Waals surface area contributed by atoms with Crippen molar-refractivity contribution < 1.29 is 34.0 Å². The molecule has 5 aromatic rings. The summed E-state index contributed by atoms with van der Waals surface area (Å²) >= 11 is 2.93. The number of benzene rings is 2. The lowest BCUT2D eigenvalue weighted by atomic mass is 9.91. The Morgan fingerprint density at radius 1 is 1.09 bits per heavy atom. The molecular formula is C40H45FN4O7S2. The van der Waals surface area contributed by atoms with Gasteiger partial charge in [-0.3, -0.25) is 9.59 Å². The number of amides is 1. The van der Waals surface area contributed by atoms with Crippen molar-refractivity contribution in [3.8, 4) is 11.5 Å². The number of pyridine rings is 1. The first-order valence-electron chi connectivity index (χ1n) is 17.7. The number of rotatable bonds is 16. The van der Waals surface area contributed by atoms with Crippen LogP contribution in [0.25, 0.3) is 10.9 Å². The molecule has 2 aromatic carbocycles. The fraction of sp³-hybridized carbons (Fsp3) is 0.350. The number of H-pyrrole nitrogens is 1. The van der Waals surface area contributed by atoms with Crippen molar-refractivity contribution in [2.75, 3.05) is 32.6 Å². The van der Waals surface area contributed by atoms with E-state index in [1.807, 2.05) is 42.1 Å². The van der Waals surface area contributed by atoms with Crippen molar-refractivity contribution in [2.45, 2.75) is 62.5 Å².